The number of nitrogens with one attached hydrogen (secondary N) is 1. The summed E-state index contributed by atoms with van der Waals surface area (Å²) in [7, 11) is 0. The molecule has 1 amide bonds. The van der Waals surface area contributed by atoms with Gasteiger partial charge in [-0.15, -0.1) is 23.4 Å². The molecule has 7 nitrogen and oxygen atoms in total. The minimum absolute atomic E-state index is 0.108. The Balaban J connectivity index is 1.09. The Hall–Kier alpha value is -2.33. The van der Waals surface area contributed by atoms with Crippen LogP contribution in [-0.4, -0.2) is 40.7 Å². The predicted octanol–water partition coefficient (Wildman–Crippen LogP) is 3.87. The lowest BCUT2D eigenvalue weighted by Gasteiger charge is -2.68. The number of aromatic nitrogens is 2. The number of hydrogen-bond acceptors (Lipinski definition) is 6. The Bertz CT molecular complexity index is 986. The second kappa shape index (κ2) is 7.09. The molecular weight excluding hydrogens is 439 g/mol. The third-order valence-corrected chi connectivity index (χ3v) is 6.47. The van der Waals surface area contributed by atoms with Gasteiger partial charge in [-0.25, -0.2) is 0 Å². The lowest BCUT2D eigenvalue weighted by Crippen LogP contribution is -2.77. The highest BCUT2D eigenvalue weighted by Crippen LogP contribution is 2.67. The topological polar surface area (TPSA) is 86.5 Å². The van der Waals surface area contributed by atoms with Gasteiger partial charge in [-0.1, -0.05) is 17.7 Å². The summed E-state index contributed by atoms with van der Waals surface area (Å²) < 4.78 is 51.9. The van der Waals surface area contributed by atoms with Crippen molar-refractivity contribution in [2.75, 3.05) is 6.61 Å². The van der Waals surface area contributed by atoms with Crippen molar-refractivity contribution in [3.05, 3.63) is 41.1 Å². The van der Waals surface area contributed by atoms with E-state index in [1.165, 1.54) is 0 Å². The summed E-state index contributed by atoms with van der Waals surface area (Å²) in [5, 5.41) is 11.7. The summed E-state index contributed by atoms with van der Waals surface area (Å²) in [6.07, 6.45) is -3.00. The summed E-state index contributed by atoms with van der Waals surface area (Å²) in [5.41, 5.74) is -0.538. The Morgan fingerprint density at radius 2 is 2.00 bits per heavy atom. The molecule has 6 rings (SSSR count). The fraction of sp³-hybridized carbons (Fsp3) is 0.550. The number of nitrogens with zero attached hydrogens (tertiary/aromatic N) is 2. The molecule has 1 aromatic heterocycles. The Morgan fingerprint density at radius 1 is 1.26 bits per heavy atom. The van der Waals surface area contributed by atoms with Gasteiger partial charge in [-0.2, -0.15) is 0 Å². The third-order valence-electron chi connectivity index (χ3n) is 6.24. The van der Waals surface area contributed by atoms with Gasteiger partial charge in [0.25, 0.3) is 5.91 Å². The van der Waals surface area contributed by atoms with E-state index in [0.29, 0.717) is 41.8 Å². The molecule has 0 atom stereocenters. The van der Waals surface area contributed by atoms with E-state index in [-0.39, 0.29) is 42.2 Å². The highest BCUT2D eigenvalue weighted by atomic mass is 35.5. The van der Waals surface area contributed by atoms with Crippen LogP contribution in [0.1, 0.15) is 49.8 Å². The van der Waals surface area contributed by atoms with Crippen LogP contribution in [0.5, 0.6) is 5.75 Å². The van der Waals surface area contributed by atoms with Crippen molar-refractivity contribution in [3.63, 3.8) is 0 Å². The minimum atomic E-state index is -4.63. The second-order valence-electron chi connectivity index (χ2n) is 8.68. The quantitative estimate of drug-likeness (QED) is 0.679. The number of alkyl halides is 3. The first-order valence-corrected chi connectivity index (χ1v) is 10.3. The molecule has 1 aromatic carbocycles. The van der Waals surface area contributed by atoms with E-state index in [0.717, 1.165) is 0 Å². The zero-order valence-corrected chi connectivity index (χ0v) is 17.0. The first kappa shape index (κ1) is 20.6. The van der Waals surface area contributed by atoms with Crippen LogP contribution in [0.25, 0.3) is 0 Å². The second-order valence-corrected chi connectivity index (χ2v) is 9.12. The fourth-order valence-electron chi connectivity index (χ4n) is 4.85. The Morgan fingerprint density at radius 3 is 2.68 bits per heavy atom. The first-order chi connectivity index (χ1) is 14.6. The smallest absolute Gasteiger partial charge is 0.484 e. The van der Waals surface area contributed by atoms with Gasteiger partial charge in [0.2, 0.25) is 11.8 Å². The van der Waals surface area contributed by atoms with Gasteiger partial charge in [0.1, 0.15) is 5.75 Å². The summed E-state index contributed by atoms with van der Waals surface area (Å²) in [5.74, 6) is 0.945. The maximum atomic E-state index is 12.2. The molecule has 1 heterocycles. The van der Waals surface area contributed by atoms with E-state index in [2.05, 4.69) is 20.3 Å². The van der Waals surface area contributed by atoms with E-state index < -0.39 is 12.5 Å². The van der Waals surface area contributed by atoms with Crippen molar-refractivity contribution in [3.8, 4) is 5.75 Å². The zero-order valence-electron chi connectivity index (χ0n) is 16.2. The molecule has 0 radical (unpaired) electrons. The molecule has 4 saturated carbocycles. The number of hydrogen-bond donors (Lipinski definition) is 1. The molecule has 31 heavy (non-hydrogen) atoms. The van der Waals surface area contributed by atoms with Gasteiger partial charge < -0.3 is 14.5 Å². The summed E-state index contributed by atoms with van der Waals surface area (Å²) in [6.45, 7) is -0.108. The number of halogens is 4. The predicted molar refractivity (Wildman–Crippen MR) is 101 cm³/mol. The number of carbonyl (C=O) groups excluding carboxylic acids is 1. The summed E-state index contributed by atoms with van der Waals surface area (Å²) in [6, 6.07) is 6.82. The average Bonchev–Trinajstić information content (AvgIpc) is 3.06. The van der Waals surface area contributed by atoms with Crippen LogP contribution in [0.15, 0.2) is 28.7 Å². The molecule has 0 saturated heterocycles. The number of ether oxygens (including phenoxy) is 2. The highest BCUT2D eigenvalue weighted by molar-refractivity contribution is 6.30. The zero-order chi connectivity index (χ0) is 21.9. The SMILES string of the molecule is O=C(COc1cccc(Cl)c1)NC12CC(c3nnc([C@H]4C[C@@H](OC(F)(F)F)C4)o3)(C1)C2. The van der Waals surface area contributed by atoms with Gasteiger partial charge in [0.15, 0.2) is 6.61 Å². The molecule has 166 valence electrons. The Labute approximate surface area is 180 Å². The van der Waals surface area contributed by atoms with Crippen molar-refractivity contribution in [2.45, 2.75) is 61.4 Å². The van der Waals surface area contributed by atoms with Crippen molar-refractivity contribution in [1.29, 1.82) is 0 Å². The third kappa shape index (κ3) is 3.98. The van der Waals surface area contributed by atoms with Crippen LogP contribution in [0.3, 0.4) is 0 Å². The van der Waals surface area contributed by atoms with Crippen molar-refractivity contribution in [2.24, 2.45) is 0 Å². The van der Waals surface area contributed by atoms with Crippen LogP contribution in [0.2, 0.25) is 5.02 Å². The van der Waals surface area contributed by atoms with Crippen LogP contribution < -0.4 is 10.1 Å². The van der Waals surface area contributed by atoms with E-state index >= 15 is 0 Å². The summed E-state index contributed by atoms with van der Waals surface area (Å²) in [4.78, 5) is 12.2. The molecule has 4 aliphatic rings. The van der Waals surface area contributed by atoms with Gasteiger partial charge in [-0.05, 0) is 50.3 Å². The van der Waals surface area contributed by atoms with Crippen molar-refractivity contribution < 1.29 is 31.9 Å². The van der Waals surface area contributed by atoms with E-state index in [1.807, 2.05) is 0 Å². The monoisotopic (exact) mass is 457 g/mol. The highest BCUT2D eigenvalue weighted by Gasteiger charge is 2.72. The van der Waals surface area contributed by atoms with Gasteiger partial charge >= 0.3 is 6.36 Å². The van der Waals surface area contributed by atoms with Gasteiger partial charge in [-0.3, -0.25) is 9.53 Å². The normalized spacial score (nSPS) is 31.2. The molecule has 2 bridgehead atoms. The molecule has 0 unspecified atom stereocenters. The number of rotatable bonds is 7. The van der Waals surface area contributed by atoms with E-state index in [4.69, 9.17) is 20.8 Å². The minimum Gasteiger partial charge on any atom is -0.484 e. The van der Waals surface area contributed by atoms with Gasteiger partial charge in [0.05, 0.1) is 11.5 Å². The number of benzene rings is 1. The molecule has 1 N–H and O–H groups in total. The largest absolute Gasteiger partial charge is 0.522 e. The lowest BCUT2D eigenvalue weighted by atomic mass is 9.39. The molecule has 11 heteroatoms. The van der Waals surface area contributed by atoms with Crippen LogP contribution in [-0.2, 0) is 14.9 Å². The van der Waals surface area contributed by atoms with Crippen molar-refractivity contribution in [1.82, 2.24) is 15.5 Å². The molecular formula is C20H19ClF3N3O4. The van der Waals surface area contributed by atoms with Crippen molar-refractivity contribution >= 4 is 17.5 Å². The number of amides is 1. The fourth-order valence-corrected chi connectivity index (χ4v) is 5.03. The molecule has 0 aliphatic heterocycles. The van der Waals surface area contributed by atoms with Crippen LogP contribution in [0, 0.1) is 0 Å². The Kier molecular flexibility index (Phi) is 4.71. The average molecular weight is 458 g/mol. The maximum Gasteiger partial charge on any atom is 0.522 e. The van der Waals surface area contributed by atoms with Crippen LogP contribution in [0.4, 0.5) is 13.2 Å². The molecule has 4 fully saturated rings. The van der Waals surface area contributed by atoms with E-state index in [1.54, 1.807) is 24.3 Å². The standard InChI is InChI=1S/C20H19ClF3N3O4/c21-12-2-1-3-13(6-12)29-7-15(28)25-19-8-18(9-19,10-19)17-27-26-16(30-17)11-4-14(5-11)31-20(22,23)24/h1-3,6,11,14H,4-5,7-10H2,(H,25,28)/t11-,14+,18?,19?. The maximum absolute atomic E-state index is 12.2. The molecule has 4 aliphatic carbocycles. The van der Waals surface area contributed by atoms with Gasteiger partial charge in [0, 0.05) is 16.5 Å². The molecule has 0 spiro atoms. The lowest BCUT2D eigenvalue weighted by molar-refractivity contribution is -0.352. The summed E-state index contributed by atoms with van der Waals surface area (Å²) >= 11 is 5.89. The van der Waals surface area contributed by atoms with E-state index in [9.17, 15) is 18.0 Å². The van der Waals surface area contributed by atoms with Crippen LogP contribution >= 0.6 is 11.6 Å². The number of carbonyl (C=O) groups is 1. The molecule has 2 aromatic rings. The first-order valence-electron chi connectivity index (χ1n) is 9.92.